The molecule has 2 N–H and O–H groups in total. The normalized spacial score (nSPS) is 14.1. The minimum absolute atomic E-state index is 0.0800. The first kappa shape index (κ1) is 15.6. The molecule has 1 aromatic rings. The molecule has 0 aliphatic heterocycles. The summed E-state index contributed by atoms with van der Waals surface area (Å²) in [7, 11) is 0. The third kappa shape index (κ3) is 4.59. The van der Waals surface area contributed by atoms with Gasteiger partial charge >= 0.3 is 0 Å². The van der Waals surface area contributed by atoms with Gasteiger partial charge in [0.2, 0.25) is 0 Å². The number of benzene rings is 1. The van der Waals surface area contributed by atoms with E-state index in [0.717, 1.165) is 5.57 Å². The molecule has 0 saturated heterocycles. The quantitative estimate of drug-likeness (QED) is 0.750. The van der Waals surface area contributed by atoms with Gasteiger partial charge in [-0.2, -0.15) is 0 Å². The summed E-state index contributed by atoms with van der Waals surface area (Å²) in [6, 6.07) is 8.72. The molecular formula is C18H27N. The summed E-state index contributed by atoms with van der Waals surface area (Å²) in [5.41, 5.74) is 9.68. The van der Waals surface area contributed by atoms with E-state index in [9.17, 15) is 0 Å². The van der Waals surface area contributed by atoms with Crippen molar-refractivity contribution in [1.29, 1.82) is 0 Å². The first-order chi connectivity index (χ1) is 8.64. The van der Waals surface area contributed by atoms with Crippen molar-refractivity contribution in [3.8, 4) is 0 Å². The molecule has 0 fully saturated rings. The highest BCUT2D eigenvalue weighted by molar-refractivity contribution is 5.54. The van der Waals surface area contributed by atoms with Gasteiger partial charge in [-0.05, 0) is 33.7 Å². The lowest BCUT2D eigenvalue weighted by Crippen LogP contribution is -2.10. The summed E-state index contributed by atoms with van der Waals surface area (Å²) in [4.78, 5) is 0. The fraction of sp³-hybridized carbons (Fsp3) is 0.444. The molecule has 0 amide bonds. The zero-order chi connectivity index (χ0) is 14.7. The molecule has 0 heterocycles. The van der Waals surface area contributed by atoms with Crippen LogP contribution in [0.3, 0.4) is 0 Å². The first-order valence-corrected chi connectivity index (χ1v) is 6.85. The van der Waals surface area contributed by atoms with Crippen molar-refractivity contribution in [2.24, 2.45) is 11.1 Å². The van der Waals surface area contributed by atoms with Crippen LogP contribution in [0, 0.1) is 5.41 Å². The van der Waals surface area contributed by atoms with Crippen LogP contribution in [0.4, 0.5) is 0 Å². The Labute approximate surface area is 118 Å². The van der Waals surface area contributed by atoms with Gasteiger partial charge < -0.3 is 5.73 Å². The number of hydrogen-bond donors (Lipinski definition) is 1. The first-order valence-electron chi connectivity index (χ1n) is 6.85. The van der Waals surface area contributed by atoms with Gasteiger partial charge in [-0.15, -0.1) is 0 Å². The van der Waals surface area contributed by atoms with E-state index < -0.39 is 0 Å². The van der Waals surface area contributed by atoms with E-state index in [2.05, 4.69) is 78.0 Å². The molecule has 0 unspecified atom stereocenters. The highest BCUT2D eigenvalue weighted by atomic mass is 14.5. The largest absolute Gasteiger partial charge is 0.404 e. The van der Waals surface area contributed by atoms with E-state index in [0.29, 0.717) is 0 Å². The predicted molar refractivity (Wildman–Crippen MR) is 85.9 cm³/mol. The zero-order valence-corrected chi connectivity index (χ0v) is 13.1. The Kier molecular flexibility index (Phi) is 4.62. The molecule has 0 atom stereocenters. The van der Waals surface area contributed by atoms with Crippen LogP contribution < -0.4 is 5.73 Å². The standard InChI is InChI=1S/C18H27N/c1-17(2,3)15-10-7-14(8-11-15)9-12-16(13-19)18(4,5)6/h7-13H,19H2,1-6H3/b12-9-,16-13+. The predicted octanol–water partition coefficient (Wildman–Crippen LogP) is 4.89. The van der Waals surface area contributed by atoms with Crippen molar-refractivity contribution < 1.29 is 0 Å². The summed E-state index contributed by atoms with van der Waals surface area (Å²) < 4.78 is 0. The molecule has 1 nitrogen and oxygen atoms in total. The van der Waals surface area contributed by atoms with Crippen LogP contribution in [0.25, 0.3) is 6.08 Å². The van der Waals surface area contributed by atoms with Crippen LogP contribution in [-0.2, 0) is 5.41 Å². The fourth-order valence-corrected chi connectivity index (χ4v) is 1.84. The van der Waals surface area contributed by atoms with Gasteiger partial charge in [0.05, 0.1) is 0 Å². The number of rotatable bonds is 2. The Balaban J connectivity index is 2.90. The molecule has 1 aromatic carbocycles. The van der Waals surface area contributed by atoms with E-state index in [1.807, 2.05) is 0 Å². The topological polar surface area (TPSA) is 26.0 Å². The smallest absolute Gasteiger partial charge is 0.00243 e. The van der Waals surface area contributed by atoms with Crippen molar-refractivity contribution in [3.63, 3.8) is 0 Å². The van der Waals surface area contributed by atoms with Gasteiger partial charge in [0.25, 0.3) is 0 Å². The Morgan fingerprint density at radius 2 is 1.47 bits per heavy atom. The SMILES string of the molecule is CC(C)(C)C(/C=C\c1ccc(C(C)(C)C)cc1)=C/N. The second-order valence-corrected chi connectivity index (χ2v) is 7.08. The highest BCUT2D eigenvalue weighted by Crippen LogP contribution is 2.26. The maximum absolute atomic E-state index is 5.69. The average molecular weight is 257 g/mol. The minimum Gasteiger partial charge on any atom is -0.404 e. The van der Waals surface area contributed by atoms with Crippen LogP contribution in [0.2, 0.25) is 0 Å². The van der Waals surface area contributed by atoms with Crippen molar-refractivity contribution >= 4 is 6.08 Å². The summed E-state index contributed by atoms with van der Waals surface area (Å²) in [5, 5.41) is 0. The van der Waals surface area contributed by atoms with Crippen molar-refractivity contribution in [2.45, 2.75) is 47.0 Å². The van der Waals surface area contributed by atoms with E-state index in [4.69, 9.17) is 5.73 Å². The molecule has 0 bridgehead atoms. The van der Waals surface area contributed by atoms with Crippen LogP contribution in [0.1, 0.15) is 52.7 Å². The van der Waals surface area contributed by atoms with E-state index in [-0.39, 0.29) is 10.8 Å². The molecule has 0 aromatic heterocycles. The molecule has 0 radical (unpaired) electrons. The third-order valence-electron chi connectivity index (χ3n) is 3.28. The lowest BCUT2D eigenvalue weighted by Gasteiger charge is -2.20. The Morgan fingerprint density at radius 3 is 1.84 bits per heavy atom. The summed E-state index contributed by atoms with van der Waals surface area (Å²) >= 11 is 0. The van der Waals surface area contributed by atoms with Crippen molar-refractivity contribution in [1.82, 2.24) is 0 Å². The summed E-state index contributed by atoms with van der Waals surface area (Å²) in [6.07, 6.45) is 5.92. The summed E-state index contributed by atoms with van der Waals surface area (Å²) in [5.74, 6) is 0. The lowest BCUT2D eigenvalue weighted by atomic mass is 9.85. The van der Waals surface area contributed by atoms with Gasteiger partial charge in [-0.3, -0.25) is 0 Å². The third-order valence-corrected chi connectivity index (χ3v) is 3.28. The van der Waals surface area contributed by atoms with Crippen LogP contribution >= 0.6 is 0 Å². The van der Waals surface area contributed by atoms with Crippen molar-refractivity contribution in [2.75, 3.05) is 0 Å². The molecule has 0 aliphatic rings. The van der Waals surface area contributed by atoms with Crippen LogP contribution in [-0.4, -0.2) is 0 Å². The van der Waals surface area contributed by atoms with Crippen LogP contribution in [0.15, 0.2) is 42.1 Å². The Bertz CT molecular complexity index is 462. The molecule has 0 aliphatic carbocycles. The van der Waals surface area contributed by atoms with Gasteiger partial charge in [0.15, 0.2) is 0 Å². The van der Waals surface area contributed by atoms with Gasteiger partial charge in [0, 0.05) is 0 Å². The number of nitrogens with two attached hydrogens (primary N) is 1. The molecule has 19 heavy (non-hydrogen) atoms. The van der Waals surface area contributed by atoms with Gasteiger partial charge in [0.1, 0.15) is 0 Å². The Hall–Kier alpha value is -1.50. The van der Waals surface area contributed by atoms with E-state index in [1.54, 1.807) is 6.20 Å². The molecule has 0 spiro atoms. The highest BCUT2D eigenvalue weighted by Gasteiger charge is 2.14. The fourth-order valence-electron chi connectivity index (χ4n) is 1.84. The molecule has 1 heteroatoms. The van der Waals surface area contributed by atoms with E-state index in [1.165, 1.54) is 11.1 Å². The van der Waals surface area contributed by atoms with Gasteiger partial charge in [-0.25, -0.2) is 0 Å². The maximum Gasteiger partial charge on any atom is -0.00243 e. The molecule has 0 saturated carbocycles. The average Bonchev–Trinajstić information content (AvgIpc) is 2.27. The Morgan fingerprint density at radius 1 is 0.947 bits per heavy atom. The molecular weight excluding hydrogens is 230 g/mol. The lowest BCUT2D eigenvalue weighted by molar-refractivity contribution is 0.516. The van der Waals surface area contributed by atoms with Gasteiger partial charge in [-0.1, -0.05) is 78.0 Å². The van der Waals surface area contributed by atoms with Crippen LogP contribution in [0.5, 0.6) is 0 Å². The molecule has 104 valence electrons. The van der Waals surface area contributed by atoms with Crippen molar-refractivity contribution in [3.05, 3.63) is 53.2 Å². The minimum atomic E-state index is 0.0800. The summed E-state index contributed by atoms with van der Waals surface area (Å²) in [6.45, 7) is 13.2. The second-order valence-electron chi connectivity index (χ2n) is 7.08. The molecule has 1 rings (SSSR count). The maximum atomic E-state index is 5.69. The second kappa shape index (κ2) is 5.64. The number of allylic oxidation sites excluding steroid dienone is 2. The number of hydrogen-bond acceptors (Lipinski definition) is 1. The zero-order valence-electron chi connectivity index (χ0n) is 13.1. The van der Waals surface area contributed by atoms with E-state index >= 15 is 0 Å². The monoisotopic (exact) mass is 257 g/mol.